The lowest BCUT2D eigenvalue weighted by molar-refractivity contribution is 0.0831. The van der Waals surface area contributed by atoms with Crippen LogP contribution in [-0.2, 0) is 36.7 Å². The van der Waals surface area contributed by atoms with Gasteiger partial charge in [0.05, 0.1) is 12.4 Å². The number of nitrogens with one attached hydrogen (secondary N) is 1. The lowest BCUT2D eigenvalue weighted by Crippen LogP contribution is -2.26. The number of nitrogens with two attached hydrogens (primary N) is 1. The largest absolute Gasteiger partial charge is 0.381 e. The predicted octanol–water partition coefficient (Wildman–Crippen LogP) is 6.53. The molecule has 19 heteroatoms. The molecule has 59 heavy (non-hydrogen) atoms. The van der Waals surface area contributed by atoms with Crippen LogP contribution in [0.4, 0.5) is 14.7 Å². The molecular weight excluding hydrogens is 803 g/mol. The number of halogens is 3. The molecule has 2 saturated heterocycles. The number of fused-ring (bicyclic) bond motifs is 2. The monoisotopic (exact) mass is 855 g/mol. The lowest BCUT2D eigenvalue weighted by Gasteiger charge is -2.21. The molecule has 0 unspecified atom stereocenters. The van der Waals surface area contributed by atoms with E-state index in [1.807, 2.05) is 26.0 Å². The Bertz CT molecular complexity index is 2460. The van der Waals surface area contributed by atoms with Crippen molar-refractivity contribution in [1.29, 1.82) is 0 Å². The van der Waals surface area contributed by atoms with Gasteiger partial charge < -0.3 is 20.5 Å². The first-order chi connectivity index (χ1) is 27.9. The van der Waals surface area contributed by atoms with Crippen LogP contribution in [0.15, 0.2) is 63.1 Å². The molecule has 0 spiro atoms. The summed E-state index contributed by atoms with van der Waals surface area (Å²) in [6, 6.07) is 10.1. The lowest BCUT2D eigenvalue weighted by atomic mass is 10.00. The van der Waals surface area contributed by atoms with Crippen molar-refractivity contribution in [2.75, 3.05) is 38.8 Å². The number of hydrogen-bond donors (Lipinski definition) is 2. The zero-order valence-electron chi connectivity index (χ0n) is 33.2. The Kier molecular flexibility index (Phi) is 17.3. The summed E-state index contributed by atoms with van der Waals surface area (Å²) in [6.45, 7) is 7.01. The van der Waals surface area contributed by atoms with Gasteiger partial charge in [-0.3, -0.25) is 23.5 Å². The summed E-state index contributed by atoms with van der Waals surface area (Å²) in [6.07, 6.45) is 6.64. The average molecular weight is 856 g/mol. The standard InChI is InChI=1S/C19H22FN5O2.C11H13ClN4O2.C8H10FN.CH4NP.CH4/c1-12-3-4-14(15(20)9-12)10-22-19-23-25-16(18(26)24(19)2)11-21-17(25)13-5-7-27-8-6-13;1-15-10(17)8-6-13-9(16(8)14-11(15)12)7-2-4-18-5-3-7;1-6-2-3-7(5-10)8(9)4-6;1-2-3;/h3-4,9,11,13H,5-8,10H2,1-2H3,(H,22,23);6-7H,2-5H2,1H3;2-4H,5,10H2,1H3;3H,1H3;1H4. The molecule has 6 aromatic rings. The van der Waals surface area contributed by atoms with Gasteiger partial charge in [-0.05, 0) is 83.4 Å². The van der Waals surface area contributed by atoms with E-state index in [4.69, 9.17) is 26.8 Å². The van der Waals surface area contributed by atoms with Crippen LogP contribution in [0.2, 0.25) is 5.28 Å². The summed E-state index contributed by atoms with van der Waals surface area (Å²) in [7, 11) is 7.71. The van der Waals surface area contributed by atoms with Crippen LogP contribution < -0.4 is 22.2 Å². The van der Waals surface area contributed by atoms with Gasteiger partial charge in [0.1, 0.15) is 23.3 Å². The van der Waals surface area contributed by atoms with E-state index in [2.05, 4.69) is 39.3 Å². The first kappa shape index (κ1) is 46.8. The van der Waals surface area contributed by atoms with Crippen molar-refractivity contribution in [1.82, 2.24) is 38.3 Å². The Hall–Kier alpha value is -4.93. The first-order valence-electron chi connectivity index (χ1n) is 18.8. The summed E-state index contributed by atoms with van der Waals surface area (Å²) in [5.41, 5.74) is 8.67. The minimum absolute atomic E-state index is 0. The molecule has 3 N–H and O–H groups in total. The molecule has 0 bridgehead atoms. The van der Waals surface area contributed by atoms with Crippen LogP contribution in [0.3, 0.4) is 0 Å². The van der Waals surface area contributed by atoms with Gasteiger partial charge >= 0.3 is 0 Å². The number of rotatable bonds is 6. The Morgan fingerprint density at radius 1 is 0.814 bits per heavy atom. The van der Waals surface area contributed by atoms with Gasteiger partial charge in [-0.15, -0.1) is 10.2 Å². The number of ether oxygens (including phenoxy) is 2. The molecule has 0 radical (unpaired) electrons. The highest BCUT2D eigenvalue weighted by Crippen LogP contribution is 2.27. The van der Waals surface area contributed by atoms with E-state index in [1.54, 1.807) is 54.7 Å². The molecule has 2 aliphatic heterocycles. The van der Waals surface area contributed by atoms with E-state index in [9.17, 15) is 18.4 Å². The molecule has 0 saturated carbocycles. The second-order valence-electron chi connectivity index (χ2n) is 13.9. The minimum Gasteiger partial charge on any atom is -0.381 e. The van der Waals surface area contributed by atoms with Crippen molar-refractivity contribution >= 4 is 37.6 Å². The van der Waals surface area contributed by atoms with Gasteiger partial charge in [0, 0.05) is 83.6 Å². The number of imidazole rings is 2. The Morgan fingerprint density at radius 3 is 1.71 bits per heavy atom. The van der Waals surface area contributed by atoms with Crippen LogP contribution >= 0.6 is 20.6 Å². The molecule has 6 heterocycles. The molecule has 0 aliphatic carbocycles. The molecule has 2 fully saturated rings. The number of anilines is 1. The Labute approximate surface area is 348 Å². The topological polar surface area (TPSA) is 173 Å². The minimum atomic E-state index is -0.279. The van der Waals surface area contributed by atoms with Crippen LogP contribution in [0, 0.1) is 25.5 Å². The SMILES string of the molecule is C.CN=P.Cc1ccc(CN)c(F)c1.Cc1ccc(CNc2nn3c(C4CCOCC4)ncc3c(=O)n2C)c(F)c1.Cn1c(Cl)nn2c(C3CCOCC3)ncc2c1=O. The summed E-state index contributed by atoms with van der Waals surface area (Å²) < 4.78 is 46.8. The second-order valence-corrected chi connectivity index (χ2v) is 14.7. The summed E-state index contributed by atoms with van der Waals surface area (Å²) in [4.78, 5) is 33.5. The fraction of sp³-hybridized carbons (Fsp3) is 0.450. The van der Waals surface area contributed by atoms with Crippen molar-refractivity contribution < 1.29 is 18.3 Å². The van der Waals surface area contributed by atoms with Gasteiger partial charge in [0.25, 0.3) is 11.1 Å². The zero-order chi connectivity index (χ0) is 41.9. The molecule has 4 aromatic heterocycles. The zero-order valence-corrected chi connectivity index (χ0v) is 35.0. The number of aryl methyl sites for hydroxylation is 2. The van der Waals surface area contributed by atoms with E-state index in [0.29, 0.717) is 41.3 Å². The van der Waals surface area contributed by atoms with E-state index in [-0.39, 0.29) is 60.4 Å². The van der Waals surface area contributed by atoms with E-state index >= 15 is 0 Å². The highest BCUT2D eigenvalue weighted by Gasteiger charge is 2.24. The van der Waals surface area contributed by atoms with Gasteiger partial charge in [0.15, 0.2) is 11.0 Å². The predicted molar refractivity (Wildman–Crippen MR) is 228 cm³/mol. The summed E-state index contributed by atoms with van der Waals surface area (Å²) in [5.74, 6) is 1.95. The average Bonchev–Trinajstić information content (AvgIpc) is 3.85. The van der Waals surface area contributed by atoms with Crippen molar-refractivity contribution in [3.63, 3.8) is 0 Å². The third-order valence-corrected chi connectivity index (χ3v) is 10.1. The first-order valence-corrected chi connectivity index (χ1v) is 19.6. The third kappa shape index (κ3) is 11.4. The molecular formula is C40H53ClF2N11O4P. The number of nitrogens with zero attached hydrogens (tertiary/aromatic N) is 9. The van der Waals surface area contributed by atoms with E-state index in [1.165, 1.54) is 21.3 Å². The van der Waals surface area contributed by atoms with Crippen molar-refractivity contribution in [3.05, 3.63) is 120 Å². The van der Waals surface area contributed by atoms with Crippen LogP contribution in [0.1, 0.15) is 78.8 Å². The number of benzene rings is 2. The van der Waals surface area contributed by atoms with Gasteiger partial charge in [0.2, 0.25) is 11.2 Å². The highest BCUT2D eigenvalue weighted by atomic mass is 35.5. The normalized spacial score (nSPS) is 14.3. The second kappa shape index (κ2) is 21.9. The smallest absolute Gasteiger partial charge is 0.280 e. The summed E-state index contributed by atoms with van der Waals surface area (Å²) in [5, 5.41) is 12.0. The Balaban J connectivity index is 0.000000206. The van der Waals surface area contributed by atoms with E-state index in [0.717, 1.165) is 61.7 Å². The fourth-order valence-corrected chi connectivity index (χ4v) is 6.62. The van der Waals surface area contributed by atoms with E-state index < -0.39 is 0 Å². The molecule has 2 aliphatic rings. The molecule has 0 atom stereocenters. The molecule has 0 amide bonds. The summed E-state index contributed by atoms with van der Waals surface area (Å²) >= 11 is 5.94. The van der Waals surface area contributed by atoms with Gasteiger partial charge in [-0.2, -0.15) is 0 Å². The fourth-order valence-electron chi connectivity index (χ4n) is 6.47. The maximum Gasteiger partial charge on any atom is 0.280 e. The molecule has 8 rings (SSSR count). The van der Waals surface area contributed by atoms with Crippen molar-refractivity contribution in [2.45, 2.75) is 71.9 Å². The third-order valence-electron chi connectivity index (χ3n) is 9.79. The highest BCUT2D eigenvalue weighted by molar-refractivity contribution is 7.03. The van der Waals surface area contributed by atoms with Crippen LogP contribution in [-0.4, -0.2) is 71.8 Å². The molecule has 2 aromatic carbocycles. The molecule has 318 valence electrons. The number of aromatic nitrogens is 8. The maximum absolute atomic E-state index is 14.1. The van der Waals surface area contributed by atoms with Crippen molar-refractivity contribution in [2.24, 2.45) is 24.6 Å². The van der Waals surface area contributed by atoms with Gasteiger partial charge in [-0.1, -0.05) is 31.7 Å². The van der Waals surface area contributed by atoms with Gasteiger partial charge in [-0.25, -0.2) is 27.8 Å². The molecule has 15 nitrogen and oxygen atoms in total. The van der Waals surface area contributed by atoms with Crippen LogP contribution in [0.25, 0.3) is 11.0 Å². The maximum atomic E-state index is 14.1. The van der Waals surface area contributed by atoms with Crippen molar-refractivity contribution in [3.8, 4) is 0 Å². The number of hydrogen-bond acceptors (Lipinski definition) is 11. The van der Waals surface area contributed by atoms with Crippen LogP contribution in [0.5, 0.6) is 0 Å². The Morgan fingerprint density at radius 2 is 1.25 bits per heavy atom. The quantitative estimate of drug-likeness (QED) is 0.176.